The summed E-state index contributed by atoms with van der Waals surface area (Å²) in [5.74, 6) is -1.30. The standard InChI is InChI=1S/C29H21ClN6O6/c1-14-31-24-19(28(41)35(14)22-10-11-23(37)34-26(22)39)6-3-7-20(24)32-25(38)15-8-9-18-21(12-15)33-29(42)36(27(18)40)17-5-2-4-16(30)13-17/h2-9,12-13,22H,10-11H2,1H3,(H,32,38)(H,33,42)(H,34,37,39). The lowest BCUT2D eigenvalue weighted by molar-refractivity contribution is -0.135. The second-order valence-corrected chi connectivity index (χ2v) is 10.2. The van der Waals surface area contributed by atoms with E-state index in [1.165, 1.54) is 34.9 Å². The maximum absolute atomic E-state index is 13.4. The number of hydrogen-bond donors (Lipinski definition) is 3. The second-order valence-electron chi connectivity index (χ2n) is 9.77. The van der Waals surface area contributed by atoms with Gasteiger partial charge < -0.3 is 10.3 Å². The van der Waals surface area contributed by atoms with Crippen LogP contribution in [0, 0.1) is 6.92 Å². The smallest absolute Gasteiger partial charge is 0.320 e. The summed E-state index contributed by atoms with van der Waals surface area (Å²) in [4.78, 5) is 83.8. The minimum Gasteiger partial charge on any atom is -0.320 e. The lowest BCUT2D eigenvalue weighted by Crippen LogP contribution is -2.45. The maximum atomic E-state index is 13.4. The van der Waals surface area contributed by atoms with Gasteiger partial charge in [-0.3, -0.25) is 33.9 Å². The van der Waals surface area contributed by atoms with Crippen molar-refractivity contribution in [1.29, 1.82) is 0 Å². The second kappa shape index (κ2) is 10.2. The Hall–Kier alpha value is -5.36. The highest BCUT2D eigenvalue weighted by Gasteiger charge is 2.30. The Morgan fingerprint density at radius 1 is 0.976 bits per heavy atom. The van der Waals surface area contributed by atoms with Crippen molar-refractivity contribution in [1.82, 2.24) is 24.4 Å². The van der Waals surface area contributed by atoms with Gasteiger partial charge in [0.05, 0.1) is 27.7 Å². The van der Waals surface area contributed by atoms with Crippen molar-refractivity contribution in [3.8, 4) is 5.69 Å². The number of aryl methyl sites for hydroxylation is 1. The molecule has 1 aliphatic heterocycles. The van der Waals surface area contributed by atoms with Gasteiger partial charge in [-0.25, -0.2) is 14.3 Å². The van der Waals surface area contributed by atoms with E-state index in [0.717, 1.165) is 4.57 Å². The Bertz CT molecular complexity index is 2170. The molecule has 1 unspecified atom stereocenters. The molecule has 0 radical (unpaired) electrons. The van der Waals surface area contributed by atoms with Crippen LogP contribution in [0.15, 0.2) is 75.0 Å². The van der Waals surface area contributed by atoms with Gasteiger partial charge >= 0.3 is 5.69 Å². The van der Waals surface area contributed by atoms with Crippen molar-refractivity contribution in [2.24, 2.45) is 0 Å². The predicted molar refractivity (Wildman–Crippen MR) is 155 cm³/mol. The van der Waals surface area contributed by atoms with Gasteiger partial charge in [0.1, 0.15) is 17.4 Å². The van der Waals surface area contributed by atoms with Crippen molar-refractivity contribution in [3.63, 3.8) is 0 Å². The summed E-state index contributed by atoms with van der Waals surface area (Å²) in [5.41, 5.74) is -0.695. The van der Waals surface area contributed by atoms with Gasteiger partial charge in [-0.2, -0.15) is 0 Å². The number of nitrogens with zero attached hydrogens (tertiary/aromatic N) is 3. The van der Waals surface area contributed by atoms with Crippen molar-refractivity contribution in [3.05, 3.63) is 108 Å². The van der Waals surface area contributed by atoms with Crippen LogP contribution in [0.25, 0.3) is 27.5 Å². The highest BCUT2D eigenvalue weighted by Crippen LogP contribution is 2.24. The molecule has 1 fully saturated rings. The van der Waals surface area contributed by atoms with Gasteiger partial charge in [-0.1, -0.05) is 23.7 Å². The summed E-state index contributed by atoms with van der Waals surface area (Å²) in [6.45, 7) is 1.57. The quantitative estimate of drug-likeness (QED) is 0.273. The largest absolute Gasteiger partial charge is 0.333 e. The van der Waals surface area contributed by atoms with E-state index in [0.29, 0.717) is 10.7 Å². The molecule has 5 aromatic rings. The predicted octanol–water partition coefficient (Wildman–Crippen LogP) is 2.58. The molecule has 13 heteroatoms. The third-order valence-corrected chi connectivity index (χ3v) is 7.34. The molecule has 1 atom stereocenters. The van der Waals surface area contributed by atoms with Crippen molar-refractivity contribution in [2.45, 2.75) is 25.8 Å². The molecule has 3 aromatic carbocycles. The van der Waals surface area contributed by atoms with E-state index in [9.17, 15) is 28.8 Å². The molecule has 3 amide bonds. The Morgan fingerprint density at radius 2 is 1.76 bits per heavy atom. The van der Waals surface area contributed by atoms with E-state index in [2.05, 4.69) is 20.6 Å². The number of piperidine rings is 1. The molecule has 1 aliphatic rings. The summed E-state index contributed by atoms with van der Waals surface area (Å²) in [6, 6.07) is 14.4. The molecule has 0 aliphatic carbocycles. The van der Waals surface area contributed by atoms with Crippen LogP contribution in [0.4, 0.5) is 5.69 Å². The summed E-state index contributed by atoms with van der Waals surface area (Å²) in [5, 5.41) is 5.71. The number of carbonyl (C=O) groups excluding carboxylic acids is 3. The van der Waals surface area contributed by atoms with Crippen molar-refractivity contribution < 1.29 is 14.4 Å². The highest BCUT2D eigenvalue weighted by molar-refractivity contribution is 6.30. The van der Waals surface area contributed by atoms with Gasteiger partial charge in [-0.15, -0.1) is 0 Å². The molecular formula is C29H21ClN6O6. The molecule has 3 heterocycles. The number of amides is 3. The number of carbonyl (C=O) groups is 3. The number of fused-ring (bicyclic) bond motifs is 2. The fraction of sp³-hybridized carbons (Fsp3) is 0.138. The zero-order valence-corrected chi connectivity index (χ0v) is 22.7. The first-order valence-corrected chi connectivity index (χ1v) is 13.2. The number of rotatable bonds is 4. The van der Waals surface area contributed by atoms with Crippen molar-refractivity contribution in [2.75, 3.05) is 5.32 Å². The minimum atomic E-state index is -0.881. The number of nitrogens with one attached hydrogen (secondary N) is 3. The van der Waals surface area contributed by atoms with Crippen LogP contribution in [0.5, 0.6) is 0 Å². The van der Waals surface area contributed by atoms with Crippen LogP contribution in [0.1, 0.15) is 35.1 Å². The summed E-state index contributed by atoms with van der Waals surface area (Å²) in [6.07, 6.45) is 0.269. The average molecular weight is 585 g/mol. The van der Waals surface area contributed by atoms with Crippen LogP contribution in [-0.2, 0) is 9.59 Å². The zero-order valence-electron chi connectivity index (χ0n) is 21.9. The van der Waals surface area contributed by atoms with Crippen LogP contribution >= 0.6 is 11.6 Å². The van der Waals surface area contributed by atoms with Crippen LogP contribution in [-0.4, -0.2) is 36.8 Å². The first-order valence-electron chi connectivity index (χ1n) is 12.8. The van der Waals surface area contributed by atoms with Gasteiger partial charge in [-0.05, 0) is 61.9 Å². The number of aromatic amines is 1. The molecule has 0 spiro atoms. The number of para-hydroxylation sites is 1. The monoisotopic (exact) mass is 584 g/mol. The Balaban J connectivity index is 1.35. The van der Waals surface area contributed by atoms with Crippen LogP contribution in [0.2, 0.25) is 5.02 Å². The molecule has 6 rings (SSSR count). The van der Waals surface area contributed by atoms with Gasteiger partial charge in [0, 0.05) is 17.0 Å². The fourth-order valence-electron chi connectivity index (χ4n) is 5.13. The highest BCUT2D eigenvalue weighted by atomic mass is 35.5. The van der Waals surface area contributed by atoms with E-state index in [-0.39, 0.29) is 51.7 Å². The minimum absolute atomic E-state index is 0.0991. The third-order valence-electron chi connectivity index (χ3n) is 7.10. The van der Waals surface area contributed by atoms with Crippen LogP contribution in [0.3, 0.4) is 0 Å². The average Bonchev–Trinajstić information content (AvgIpc) is 2.94. The Morgan fingerprint density at radius 3 is 2.52 bits per heavy atom. The zero-order chi connectivity index (χ0) is 29.7. The number of aromatic nitrogens is 4. The lowest BCUT2D eigenvalue weighted by Gasteiger charge is -2.24. The number of hydrogen-bond acceptors (Lipinski definition) is 7. The number of H-pyrrole nitrogens is 1. The number of anilines is 1. The van der Waals surface area contributed by atoms with Gasteiger partial charge in [0.25, 0.3) is 17.0 Å². The molecule has 1 saturated heterocycles. The molecule has 2 aromatic heterocycles. The maximum Gasteiger partial charge on any atom is 0.333 e. The van der Waals surface area contributed by atoms with E-state index >= 15 is 0 Å². The molecule has 42 heavy (non-hydrogen) atoms. The first-order chi connectivity index (χ1) is 20.1. The molecule has 0 bridgehead atoms. The van der Waals surface area contributed by atoms with Crippen LogP contribution < -0.4 is 27.4 Å². The Labute approximate surface area is 240 Å². The summed E-state index contributed by atoms with van der Waals surface area (Å²) < 4.78 is 2.21. The first kappa shape index (κ1) is 26.8. The normalized spacial score (nSPS) is 15.1. The topological polar surface area (TPSA) is 165 Å². The third kappa shape index (κ3) is 4.57. The van der Waals surface area contributed by atoms with Gasteiger partial charge in [0.15, 0.2) is 0 Å². The molecule has 3 N–H and O–H groups in total. The lowest BCUT2D eigenvalue weighted by atomic mass is 10.1. The van der Waals surface area contributed by atoms with E-state index < -0.39 is 40.6 Å². The summed E-state index contributed by atoms with van der Waals surface area (Å²) in [7, 11) is 0. The van der Waals surface area contributed by atoms with E-state index in [1.807, 2.05) is 0 Å². The fourth-order valence-corrected chi connectivity index (χ4v) is 5.31. The molecule has 12 nitrogen and oxygen atoms in total. The van der Waals surface area contributed by atoms with Crippen molar-refractivity contribution >= 4 is 56.8 Å². The number of benzene rings is 3. The summed E-state index contributed by atoms with van der Waals surface area (Å²) >= 11 is 6.03. The molecular weight excluding hydrogens is 564 g/mol. The molecule has 0 saturated carbocycles. The number of halogens is 1. The number of imide groups is 1. The van der Waals surface area contributed by atoms with Gasteiger partial charge in [0.2, 0.25) is 11.8 Å². The SMILES string of the molecule is Cc1nc2c(NC(=O)c3ccc4c(=O)n(-c5cccc(Cl)c5)c(=O)[nH]c4c3)cccc2c(=O)n1C1CCC(=O)NC1=O. The van der Waals surface area contributed by atoms with E-state index in [1.54, 1.807) is 37.3 Å². The molecule has 210 valence electrons. The Kier molecular flexibility index (Phi) is 6.54. The van der Waals surface area contributed by atoms with E-state index in [4.69, 9.17) is 11.6 Å².